The molecule has 2 amide bonds. The molecule has 1 aromatic rings. The summed E-state index contributed by atoms with van der Waals surface area (Å²) in [5.41, 5.74) is 8.03. The average Bonchev–Trinajstić information content (AvgIpc) is 3.24. The zero-order valence-electron chi connectivity index (χ0n) is 19.4. The number of carbonyl (C=O) groups is 1. The first kappa shape index (κ1) is 24.3. The highest BCUT2D eigenvalue weighted by Gasteiger charge is 2.25. The van der Waals surface area contributed by atoms with Crippen LogP contribution in [0.25, 0.3) is 0 Å². The van der Waals surface area contributed by atoms with E-state index in [0.29, 0.717) is 36.8 Å². The standard InChI is InChI=1S/C22H32FN7O3/c1-5-6-9-30(22(31)24-3)19-14(2)12-25-21(27-19)26-18-11-16(28-29-20(18)32-4)13-33-17-8-7-15(23)10-17/h6,9,11-12,15,17,28-29H,5,7-8,10,13H2,1-4H3,(H,24,31)(H,25,26,27)/b9-6+. The molecule has 0 aromatic carbocycles. The highest BCUT2D eigenvalue weighted by Crippen LogP contribution is 2.25. The largest absolute Gasteiger partial charge is 0.480 e. The fourth-order valence-electron chi connectivity index (χ4n) is 3.48. The average molecular weight is 462 g/mol. The van der Waals surface area contributed by atoms with Gasteiger partial charge in [0.2, 0.25) is 11.8 Å². The van der Waals surface area contributed by atoms with E-state index in [0.717, 1.165) is 24.1 Å². The molecule has 1 aromatic heterocycles. The van der Waals surface area contributed by atoms with Crippen LogP contribution in [0.5, 0.6) is 0 Å². The molecule has 1 aliphatic carbocycles. The monoisotopic (exact) mass is 461 g/mol. The number of carbonyl (C=O) groups excluding carboxylic acids is 1. The molecule has 1 aliphatic heterocycles. The number of aromatic nitrogens is 2. The van der Waals surface area contributed by atoms with Gasteiger partial charge in [0, 0.05) is 31.4 Å². The van der Waals surface area contributed by atoms with E-state index < -0.39 is 6.17 Å². The summed E-state index contributed by atoms with van der Waals surface area (Å²) >= 11 is 0. The first-order valence-corrected chi connectivity index (χ1v) is 11.0. The van der Waals surface area contributed by atoms with E-state index in [2.05, 4.69) is 31.5 Å². The van der Waals surface area contributed by atoms with Crippen LogP contribution in [0.3, 0.4) is 0 Å². The number of halogens is 1. The Morgan fingerprint density at radius 2 is 2.21 bits per heavy atom. The van der Waals surface area contributed by atoms with Crippen molar-refractivity contribution in [1.82, 2.24) is 26.1 Å². The summed E-state index contributed by atoms with van der Waals surface area (Å²) < 4.78 is 24.6. The number of hydrogen-bond donors (Lipinski definition) is 4. The Bertz CT molecular complexity index is 935. The molecule has 11 heteroatoms. The molecule has 2 atom stereocenters. The van der Waals surface area contributed by atoms with Gasteiger partial charge in [0.25, 0.3) is 0 Å². The van der Waals surface area contributed by atoms with Crippen LogP contribution in [0.1, 0.15) is 38.2 Å². The normalized spacial score (nSPS) is 20.2. The number of nitrogens with one attached hydrogen (secondary N) is 4. The minimum atomic E-state index is -0.784. The maximum atomic E-state index is 13.4. The number of anilines is 2. The zero-order valence-corrected chi connectivity index (χ0v) is 19.4. The van der Waals surface area contributed by atoms with Gasteiger partial charge in [-0.25, -0.2) is 14.2 Å². The first-order chi connectivity index (χ1) is 15.9. The molecule has 10 nitrogen and oxygen atoms in total. The van der Waals surface area contributed by atoms with E-state index in [-0.39, 0.29) is 18.1 Å². The first-order valence-electron chi connectivity index (χ1n) is 11.0. The number of ether oxygens (including phenoxy) is 2. The number of rotatable bonds is 9. The van der Waals surface area contributed by atoms with Crippen LogP contribution in [0.4, 0.5) is 21.0 Å². The van der Waals surface area contributed by atoms with E-state index in [4.69, 9.17) is 9.47 Å². The van der Waals surface area contributed by atoms with Gasteiger partial charge in [0.05, 0.1) is 25.5 Å². The molecule has 0 spiro atoms. The molecule has 2 aliphatic rings. The van der Waals surface area contributed by atoms with Crippen molar-refractivity contribution in [3.63, 3.8) is 0 Å². The molecule has 4 N–H and O–H groups in total. The number of alkyl halides is 1. The van der Waals surface area contributed by atoms with E-state index >= 15 is 0 Å². The molecule has 180 valence electrons. The van der Waals surface area contributed by atoms with Crippen LogP contribution in [0.2, 0.25) is 0 Å². The lowest BCUT2D eigenvalue weighted by Gasteiger charge is -2.24. The SMILES string of the molecule is CC/C=C/N(C(=O)NC)c1nc(NC2=C(OC)NNC(COC3CCC(F)C3)=C2)ncc1C. The van der Waals surface area contributed by atoms with Gasteiger partial charge in [-0.3, -0.25) is 10.3 Å². The molecule has 33 heavy (non-hydrogen) atoms. The third kappa shape index (κ3) is 6.35. The Morgan fingerprint density at radius 3 is 2.88 bits per heavy atom. The Hall–Kier alpha value is -3.34. The van der Waals surface area contributed by atoms with Crippen molar-refractivity contribution in [3.8, 4) is 0 Å². The molecule has 2 heterocycles. The van der Waals surface area contributed by atoms with Gasteiger partial charge in [-0.1, -0.05) is 13.0 Å². The number of urea groups is 1. The second kappa shape index (κ2) is 11.5. The Balaban J connectivity index is 1.79. The van der Waals surface area contributed by atoms with Gasteiger partial charge in [-0.2, -0.15) is 4.98 Å². The number of allylic oxidation sites excluding steroid dienone is 2. The van der Waals surface area contributed by atoms with E-state index in [1.54, 1.807) is 19.4 Å². The molecule has 0 saturated heterocycles. The van der Waals surface area contributed by atoms with Crippen LogP contribution < -0.4 is 26.4 Å². The Labute approximate surface area is 193 Å². The fourth-order valence-corrected chi connectivity index (χ4v) is 3.48. The minimum absolute atomic E-state index is 0.0817. The van der Waals surface area contributed by atoms with Crippen LogP contribution in [0, 0.1) is 6.92 Å². The van der Waals surface area contributed by atoms with Crippen LogP contribution in [0.15, 0.2) is 41.8 Å². The summed E-state index contributed by atoms with van der Waals surface area (Å²) in [4.78, 5) is 22.7. The van der Waals surface area contributed by atoms with Crippen molar-refractivity contribution >= 4 is 17.8 Å². The summed E-state index contributed by atoms with van der Waals surface area (Å²) in [5, 5.41) is 5.76. The Kier molecular flexibility index (Phi) is 8.47. The second-order valence-corrected chi connectivity index (χ2v) is 7.75. The highest BCUT2D eigenvalue weighted by molar-refractivity contribution is 5.93. The highest BCUT2D eigenvalue weighted by atomic mass is 19.1. The maximum absolute atomic E-state index is 13.4. The molecule has 0 radical (unpaired) electrons. The summed E-state index contributed by atoms with van der Waals surface area (Å²) in [7, 11) is 3.10. The summed E-state index contributed by atoms with van der Waals surface area (Å²) in [6.07, 6.45) is 8.62. The third-order valence-electron chi connectivity index (χ3n) is 5.24. The Morgan fingerprint density at radius 1 is 1.39 bits per heavy atom. The van der Waals surface area contributed by atoms with Gasteiger partial charge in [0.1, 0.15) is 17.7 Å². The summed E-state index contributed by atoms with van der Waals surface area (Å²) in [5.74, 6) is 1.17. The molecule has 1 saturated carbocycles. The minimum Gasteiger partial charge on any atom is -0.480 e. The van der Waals surface area contributed by atoms with E-state index in [1.165, 1.54) is 12.0 Å². The number of hydrogen-bond acceptors (Lipinski definition) is 8. The lowest BCUT2D eigenvalue weighted by atomic mass is 10.3. The van der Waals surface area contributed by atoms with E-state index in [9.17, 15) is 9.18 Å². The van der Waals surface area contributed by atoms with Gasteiger partial charge < -0.3 is 25.5 Å². The predicted octanol–water partition coefficient (Wildman–Crippen LogP) is 2.98. The van der Waals surface area contributed by atoms with Crippen molar-refractivity contribution in [2.75, 3.05) is 31.0 Å². The van der Waals surface area contributed by atoms with Gasteiger partial charge >= 0.3 is 6.03 Å². The molecular weight excluding hydrogens is 429 g/mol. The number of nitrogens with zero attached hydrogens (tertiary/aromatic N) is 3. The molecule has 0 bridgehead atoms. The number of aryl methyl sites for hydroxylation is 1. The fraction of sp³-hybridized carbons (Fsp3) is 0.500. The van der Waals surface area contributed by atoms with Crippen molar-refractivity contribution < 1.29 is 18.7 Å². The van der Waals surface area contributed by atoms with Crippen molar-refractivity contribution in [2.45, 2.75) is 51.8 Å². The van der Waals surface area contributed by atoms with Gasteiger partial charge in [0.15, 0.2) is 0 Å². The lowest BCUT2D eigenvalue weighted by molar-refractivity contribution is 0.0658. The molecule has 2 unspecified atom stereocenters. The number of amides is 2. The van der Waals surface area contributed by atoms with Crippen LogP contribution in [-0.2, 0) is 9.47 Å². The zero-order chi connectivity index (χ0) is 23.8. The molecular formula is C22H32FN7O3. The maximum Gasteiger partial charge on any atom is 0.326 e. The quantitative estimate of drug-likeness (QED) is 0.444. The summed E-state index contributed by atoms with van der Waals surface area (Å²) in [6.45, 7) is 4.11. The van der Waals surface area contributed by atoms with Crippen LogP contribution >= 0.6 is 0 Å². The van der Waals surface area contributed by atoms with E-state index in [1.807, 2.05) is 26.0 Å². The van der Waals surface area contributed by atoms with Crippen molar-refractivity contribution in [3.05, 3.63) is 47.4 Å². The van der Waals surface area contributed by atoms with Crippen molar-refractivity contribution in [2.24, 2.45) is 0 Å². The van der Waals surface area contributed by atoms with Crippen LogP contribution in [-0.4, -0.2) is 49.0 Å². The van der Waals surface area contributed by atoms with Gasteiger partial charge in [-0.15, -0.1) is 0 Å². The number of methoxy groups -OCH3 is 1. The van der Waals surface area contributed by atoms with Gasteiger partial charge in [-0.05, 0) is 32.3 Å². The predicted molar refractivity (Wildman–Crippen MR) is 124 cm³/mol. The summed E-state index contributed by atoms with van der Waals surface area (Å²) in [6, 6.07) is -0.311. The second-order valence-electron chi connectivity index (χ2n) is 7.75. The third-order valence-corrected chi connectivity index (χ3v) is 5.24. The number of hydrazine groups is 1. The van der Waals surface area contributed by atoms with Crippen molar-refractivity contribution in [1.29, 1.82) is 0 Å². The molecule has 1 fully saturated rings. The smallest absolute Gasteiger partial charge is 0.326 e. The lowest BCUT2D eigenvalue weighted by Crippen LogP contribution is -2.38. The molecule has 3 rings (SSSR count). The topological polar surface area (TPSA) is 113 Å².